The van der Waals surface area contributed by atoms with E-state index in [9.17, 15) is 0 Å². The second kappa shape index (κ2) is 5.33. The standard InChI is InChI=1S/C8H18S2Si/c1-6-7-8(9-2)10-11(3,4)5/h7H,6H2,1-5H3/b8-7+. The van der Waals surface area contributed by atoms with Crippen molar-refractivity contribution in [1.82, 2.24) is 0 Å². The van der Waals surface area contributed by atoms with Crippen LogP contribution in [0.3, 0.4) is 0 Å². The first-order chi connectivity index (χ1) is 4.99. The summed E-state index contributed by atoms with van der Waals surface area (Å²) < 4.78 is 1.51. The highest BCUT2D eigenvalue weighted by Gasteiger charge is 2.15. The molecular weight excluding hydrogens is 188 g/mol. The Labute approximate surface area is 79.9 Å². The number of allylic oxidation sites excluding steroid dienone is 1. The third-order valence-electron chi connectivity index (χ3n) is 0.979. The molecule has 0 fully saturated rings. The van der Waals surface area contributed by atoms with Gasteiger partial charge in [0.25, 0.3) is 0 Å². The van der Waals surface area contributed by atoms with E-state index in [0.29, 0.717) is 0 Å². The van der Waals surface area contributed by atoms with Crippen molar-refractivity contribution in [3.05, 3.63) is 10.3 Å². The van der Waals surface area contributed by atoms with Crippen LogP contribution >= 0.6 is 23.0 Å². The molecule has 0 aliphatic rings. The minimum Gasteiger partial charge on any atom is -0.146 e. The first-order valence-corrected chi connectivity index (χ1v) is 10.2. The SMILES string of the molecule is CC/C=C(\SC)S[Si](C)(C)C. The number of thioether (sulfide) groups is 1. The molecule has 66 valence electrons. The Morgan fingerprint density at radius 2 is 1.91 bits per heavy atom. The summed E-state index contributed by atoms with van der Waals surface area (Å²) in [5.41, 5.74) is 0. The molecule has 0 radical (unpaired) electrons. The molecule has 0 aromatic rings. The Morgan fingerprint density at radius 3 is 2.18 bits per heavy atom. The average molecular weight is 206 g/mol. The molecule has 0 rings (SSSR count). The van der Waals surface area contributed by atoms with Crippen LogP contribution in [0.1, 0.15) is 13.3 Å². The zero-order valence-corrected chi connectivity index (χ0v) is 10.7. The van der Waals surface area contributed by atoms with E-state index in [1.807, 2.05) is 11.8 Å². The molecule has 0 aliphatic carbocycles. The van der Waals surface area contributed by atoms with Gasteiger partial charge in [0.05, 0.1) is 0 Å². The average Bonchev–Trinajstić information content (AvgIpc) is 1.84. The van der Waals surface area contributed by atoms with Gasteiger partial charge in [-0.2, -0.15) is 0 Å². The van der Waals surface area contributed by atoms with Crippen LogP contribution in [-0.2, 0) is 0 Å². The van der Waals surface area contributed by atoms with E-state index in [-0.39, 0.29) is 0 Å². The number of hydrogen-bond acceptors (Lipinski definition) is 2. The summed E-state index contributed by atoms with van der Waals surface area (Å²) in [6.45, 7) is 9.35. The summed E-state index contributed by atoms with van der Waals surface area (Å²) in [5.74, 6) is 0. The van der Waals surface area contributed by atoms with Crippen molar-refractivity contribution >= 4 is 30.2 Å². The second-order valence-electron chi connectivity index (χ2n) is 3.35. The van der Waals surface area contributed by atoms with Crippen LogP contribution in [0.5, 0.6) is 0 Å². The summed E-state index contributed by atoms with van der Waals surface area (Å²) in [6, 6.07) is 0. The predicted octanol–water partition coefficient (Wildman–Crippen LogP) is 4.17. The molecule has 0 saturated heterocycles. The molecule has 0 aromatic heterocycles. The van der Waals surface area contributed by atoms with Gasteiger partial charge in [-0.3, -0.25) is 0 Å². The molecule has 0 N–H and O–H groups in total. The van der Waals surface area contributed by atoms with E-state index in [2.05, 4.69) is 50.1 Å². The normalized spacial score (nSPS) is 13.7. The third kappa shape index (κ3) is 7.03. The zero-order valence-electron chi connectivity index (χ0n) is 8.10. The topological polar surface area (TPSA) is 0 Å². The van der Waals surface area contributed by atoms with Gasteiger partial charge in [-0.25, -0.2) is 0 Å². The molecule has 3 heteroatoms. The van der Waals surface area contributed by atoms with Gasteiger partial charge in [-0.1, -0.05) is 32.6 Å². The van der Waals surface area contributed by atoms with Gasteiger partial charge in [-0.15, -0.1) is 23.0 Å². The molecule has 0 saturated carbocycles. The predicted molar refractivity (Wildman–Crippen MR) is 62.8 cm³/mol. The lowest BCUT2D eigenvalue weighted by molar-refractivity contribution is 1.23. The minimum absolute atomic E-state index is 0.951. The number of hydrogen-bond donors (Lipinski definition) is 0. The van der Waals surface area contributed by atoms with Crippen molar-refractivity contribution in [2.45, 2.75) is 33.0 Å². The summed E-state index contributed by atoms with van der Waals surface area (Å²) >= 11 is 3.97. The Bertz CT molecular complexity index is 136. The third-order valence-corrected chi connectivity index (χ3v) is 6.22. The highest BCUT2D eigenvalue weighted by atomic mass is 32.4. The van der Waals surface area contributed by atoms with Gasteiger partial charge in [0.1, 0.15) is 7.22 Å². The van der Waals surface area contributed by atoms with E-state index in [4.69, 9.17) is 0 Å². The van der Waals surface area contributed by atoms with Gasteiger partial charge >= 0.3 is 0 Å². The first-order valence-electron chi connectivity index (χ1n) is 3.92. The van der Waals surface area contributed by atoms with Crippen molar-refractivity contribution in [2.24, 2.45) is 0 Å². The Kier molecular flexibility index (Phi) is 5.65. The van der Waals surface area contributed by atoms with E-state index in [1.54, 1.807) is 0 Å². The van der Waals surface area contributed by atoms with Crippen molar-refractivity contribution < 1.29 is 0 Å². The van der Waals surface area contributed by atoms with Crippen molar-refractivity contribution in [3.63, 3.8) is 0 Å². The maximum absolute atomic E-state index is 2.39. The van der Waals surface area contributed by atoms with Crippen LogP contribution in [0, 0.1) is 0 Å². The minimum atomic E-state index is -0.951. The van der Waals surface area contributed by atoms with Gasteiger partial charge < -0.3 is 0 Å². The summed E-state index contributed by atoms with van der Waals surface area (Å²) in [7, 11) is -0.951. The molecule has 0 atom stereocenters. The van der Waals surface area contributed by atoms with Gasteiger partial charge in [0.2, 0.25) is 0 Å². The number of rotatable bonds is 4. The molecule has 0 amide bonds. The van der Waals surface area contributed by atoms with Crippen LogP contribution in [0.25, 0.3) is 0 Å². The Hall–Kier alpha value is 0.657. The Balaban J connectivity index is 3.99. The quantitative estimate of drug-likeness (QED) is 0.633. The molecule has 0 nitrogen and oxygen atoms in total. The summed E-state index contributed by atoms with van der Waals surface area (Å²) in [6.07, 6.45) is 5.65. The van der Waals surface area contributed by atoms with Crippen molar-refractivity contribution in [2.75, 3.05) is 6.26 Å². The molecule has 11 heavy (non-hydrogen) atoms. The molecule has 0 aliphatic heterocycles. The molecular formula is C8H18S2Si. The molecule has 0 aromatic carbocycles. The summed E-state index contributed by atoms with van der Waals surface area (Å²) in [4.78, 5) is 0. The van der Waals surface area contributed by atoms with Gasteiger partial charge in [0.15, 0.2) is 0 Å². The summed E-state index contributed by atoms with van der Waals surface area (Å²) in [5, 5.41) is 0. The fourth-order valence-electron chi connectivity index (χ4n) is 0.635. The first kappa shape index (κ1) is 11.7. The lowest BCUT2D eigenvalue weighted by Gasteiger charge is -2.16. The molecule has 0 heterocycles. The van der Waals surface area contributed by atoms with Crippen molar-refractivity contribution in [1.29, 1.82) is 0 Å². The van der Waals surface area contributed by atoms with Crippen LogP contribution < -0.4 is 0 Å². The molecule has 0 bridgehead atoms. The van der Waals surface area contributed by atoms with Gasteiger partial charge in [-0.05, 0) is 12.7 Å². The highest BCUT2D eigenvalue weighted by molar-refractivity contribution is 8.39. The molecule has 0 unspecified atom stereocenters. The molecule has 0 spiro atoms. The lowest BCUT2D eigenvalue weighted by Crippen LogP contribution is -2.13. The largest absolute Gasteiger partial charge is 0.146 e. The maximum atomic E-state index is 2.39. The van der Waals surface area contributed by atoms with Crippen LogP contribution in [0.4, 0.5) is 0 Å². The Morgan fingerprint density at radius 1 is 1.36 bits per heavy atom. The van der Waals surface area contributed by atoms with E-state index in [0.717, 1.165) is 6.42 Å². The van der Waals surface area contributed by atoms with E-state index in [1.165, 1.54) is 4.24 Å². The van der Waals surface area contributed by atoms with E-state index < -0.39 is 7.22 Å². The highest BCUT2D eigenvalue weighted by Crippen LogP contribution is 2.34. The van der Waals surface area contributed by atoms with Crippen molar-refractivity contribution in [3.8, 4) is 0 Å². The van der Waals surface area contributed by atoms with Crippen LogP contribution in [-0.4, -0.2) is 13.5 Å². The lowest BCUT2D eigenvalue weighted by atomic mass is 10.5. The second-order valence-corrected chi connectivity index (χ2v) is 13.6. The maximum Gasteiger partial charge on any atom is 0.115 e. The van der Waals surface area contributed by atoms with Crippen LogP contribution in [0.2, 0.25) is 19.6 Å². The van der Waals surface area contributed by atoms with E-state index >= 15 is 0 Å². The van der Waals surface area contributed by atoms with Gasteiger partial charge in [0, 0.05) is 4.24 Å². The fraction of sp³-hybridized carbons (Fsp3) is 0.750. The fourth-order valence-corrected chi connectivity index (χ4v) is 7.22. The monoisotopic (exact) mass is 206 g/mol. The van der Waals surface area contributed by atoms with Crippen LogP contribution in [0.15, 0.2) is 10.3 Å². The zero-order chi connectivity index (χ0) is 8.91. The smallest absolute Gasteiger partial charge is 0.115 e.